The maximum absolute atomic E-state index is 13.3. The molecule has 152 valence electrons. The summed E-state index contributed by atoms with van der Waals surface area (Å²) in [5.74, 6) is 2.09. The Morgan fingerprint density at radius 1 is 1.14 bits per heavy atom. The number of ketones is 1. The molecule has 3 aromatic rings. The lowest BCUT2D eigenvalue weighted by atomic mass is 10.0. The molecule has 0 aromatic carbocycles. The van der Waals surface area contributed by atoms with Crippen molar-refractivity contribution in [2.75, 3.05) is 31.1 Å². The first kappa shape index (κ1) is 19.5. The number of aryl methyl sites for hydroxylation is 1. The number of hydrogen-bond acceptors (Lipinski definition) is 5. The molecule has 4 heterocycles. The Kier molecular flexibility index (Phi) is 5.53. The number of Topliss-reactive ketones (excluding diaryl/α,β-unsaturated/α-hetero) is 1. The highest BCUT2D eigenvalue weighted by molar-refractivity contribution is 6.01. The Hall–Kier alpha value is -2.86. The summed E-state index contributed by atoms with van der Waals surface area (Å²) in [7, 11) is 0. The van der Waals surface area contributed by atoms with Crippen LogP contribution in [0.5, 0.6) is 0 Å². The van der Waals surface area contributed by atoms with Gasteiger partial charge in [0, 0.05) is 49.3 Å². The quantitative estimate of drug-likeness (QED) is 0.601. The highest BCUT2D eigenvalue weighted by Crippen LogP contribution is 2.21. The van der Waals surface area contributed by atoms with Gasteiger partial charge in [0.2, 0.25) is 0 Å². The van der Waals surface area contributed by atoms with Gasteiger partial charge in [0.05, 0.1) is 18.8 Å². The molecule has 1 atom stereocenters. The van der Waals surface area contributed by atoms with E-state index < -0.39 is 0 Å². The second kappa shape index (κ2) is 8.25. The molecule has 0 N–H and O–H groups in total. The predicted octanol–water partition coefficient (Wildman–Crippen LogP) is 3.53. The van der Waals surface area contributed by atoms with Gasteiger partial charge >= 0.3 is 0 Å². The van der Waals surface area contributed by atoms with Crippen molar-refractivity contribution in [1.29, 1.82) is 0 Å². The van der Waals surface area contributed by atoms with E-state index in [-0.39, 0.29) is 11.8 Å². The minimum Gasteiger partial charge on any atom is -0.467 e. The topological polar surface area (TPSA) is 54.5 Å². The van der Waals surface area contributed by atoms with Gasteiger partial charge < -0.3 is 13.9 Å². The van der Waals surface area contributed by atoms with E-state index in [1.54, 1.807) is 6.26 Å². The zero-order valence-corrected chi connectivity index (χ0v) is 17.3. The van der Waals surface area contributed by atoms with Crippen molar-refractivity contribution in [2.45, 2.75) is 33.4 Å². The van der Waals surface area contributed by atoms with Crippen LogP contribution in [0.15, 0.2) is 53.3 Å². The predicted molar refractivity (Wildman–Crippen MR) is 114 cm³/mol. The summed E-state index contributed by atoms with van der Waals surface area (Å²) in [6, 6.07) is 11.7. The summed E-state index contributed by atoms with van der Waals surface area (Å²) in [6.07, 6.45) is 3.51. The maximum atomic E-state index is 13.3. The van der Waals surface area contributed by atoms with Crippen LogP contribution in [-0.4, -0.2) is 52.5 Å². The standard InChI is InChI=1S/C23H28N4O2/c1-17-15-21(18(2)27(17)16-20-7-6-14-29-20)23(28)19(3)25-10-12-26(13-11-25)22-8-4-5-9-24-22/h4-9,14-15,19H,10-13,16H2,1-3H3/t19-/m1/s1. The monoisotopic (exact) mass is 392 g/mol. The second-order valence-electron chi connectivity index (χ2n) is 7.70. The van der Waals surface area contributed by atoms with Crippen LogP contribution < -0.4 is 4.90 Å². The third-order valence-corrected chi connectivity index (χ3v) is 5.95. The molecular weight excluding hydrogens is 364 g/mol. The summed E-state index contributed by atoms with van der Waals surface area (Å²) >= 11 is 0. The van der Waals surface area contributed by atoms with Crippen molar-refractivity contribution < 1.29 is 9.21 Å². The normalized spacial score (nSPS) is 16.2. The zero-order valence-electron chi connectivity index (χ0n) is 17.3. The van der Waals surface area contributed by atoms with Crippen LogP contribution >= 0.6 is 0 Å². The Labute approximate surface area is 171 Å². The summed E-state index contributed by atoms with van der Waals surface area (Å²) in [5, 5.41) is 0. The minimum atomic E-state index is -0.140. The van der Waals surface area contributed by atoms with E-state index in [0.717, 1.165) is 54.7 Å². The first-order valence-corrected chi connectivity index (χ1v) is 10.2. The molecule has 1 fully saturated rings. The van der Waals surface area contributed by atoms with Gasteiger partial charge in [-0.05, 0) is 51.1 Å². The van der Waals surface area contributed by atoms with Crippen LogP contribution in [0, 0.1) is 13.8 Å². The maximum Gasteiger partial charge on any atom is 0.181 e. The van der Waals surface area contributed by atoms with Gasteiger partial charge in [0.15, 0.2) is 5.78 Å². The van der Waals surface area contributed by atoms with E-state index in [1.807, 2.05) is 63.4 Å². The van der Waals surface area contributed by atoms with Crippen molar-refractivity contribution >= 4 is 11.6 Å². The lowest BCUT2D eigenvalue weighted by molar-refractivity contribution is 0.0829. The number of carbonyl (C=O) groups excluding carboxylic acids is 1. The molecule has 1 aliphatic rings. The van der Waals surface area contributed by atoms with Crippen molar-refractivity contribution in [2.24, 2.45) is 0 Å². The molecule has 6 nitrogen and oxygen atoms in total. The fraction of sp³-hybridized carbons (Fsp3) is 0.391. The average molecular weight is 393 g/mol. The molecular formula is C23H28N4O2. The SMILES string of the molecule is Cc1cc(C(=O)[C@@H](C)N2CCN(c3ccccn3)CC2)c(C)n1Cc1ccco1. The van der Waals surface area contributed by atoms with E-state index in [1.165, 1.54) is 0 Å². The molecule has 0 radical (unpaired) electrons. The number of piperazine rings is 1. The molecule has 1 aliphatic heterocycles. The molecule has 1 saturated heterocycles. The summed E-state index contributed by atoms with van der Waals surface area (Å²) in [4.78, 5) is 22.3. The fourth-order valence-electron chi connectivity index (χ4n) is 4.12. The molecule has 0 amide bonds. The van der Waals surface area contributed by atoms with Gasteiger partial charge in [-0.3, -0.25) is 9.69 Å². The number of hydrogen-bond donors (Lipinski definition) is 0. The number of carbonyl (C=O) groups is 1. The molecule has 4 rings (SSSR count). The van der Waals surface area contributed by atoms with Crippen LogP contribution in [0.1, 0.15) is 34.4 Å². The number of furan rings is 1. The van der Waals surface area contributed by atoms with Gasteiger partial charge in [-0.15, -0.1) is 0 Å². The van der Waals surface area contributed by atoms with E-state index in [4.69, 9.17) is 4.42 Å². The highest BCUT2D eigenvalue weighted by atomic mass is 16.3. The molecule has 29 heavy (non-hydrogen) atoms. The van der Waals surface area contributed by atoms with Crippen molar-refractivity contribution in [3.05, 3.63) is 71.6 Å². The van der Waals surface area contributed by atoms with Crippen LogP contribution in [0.3, 0.4) is 0 Å². The van der Waals surface area contributed by atoms with Crippen molar-refractivity contribution in [3.8, 4) is 0 Å². The number of aromatic nitrogens is 2. The third kappa shape index (κ3) is 3.98. The van der Waals surface area contributed by atoms with Crippen LogP contribution in [0.2, 0.25) is 0 Å². The van der Waals surface area contributed by atoms with Gasteiger partial charge in [-0.2, -0.15) is 0 Å². The molecule has 3 aromatic heterocycles. The summed E-state index contributed by atoms with van der Waals surface area (Å²) in [6.45, 7) is 10.2. The van der Waals surface area contributed by atoms with Crippen LogP contribution in [0.25, 0.3) is 0 Å². The number of nitrogens with zero attached hydrogens (tertiary/aromatic N) is 4. The lowest BCUT2D eigenvalue weighted by Gasteiger charge is -2.38. The van der Waals surface area contributed by atoms with Crippen LogP contribution in [0.4, 0.5) is 5.82 Å². The molecule has 0 saturated carbocycles. The Morgan fingerprint density at radius 2 is 1.93 bits per heavy atom. The molecule has 0 unspecified atom stereocenters. The van der Waals surface area contributed by atoms with E-state index in [2.05, 4.69) is 19.4 Å². The van der Waals surface area contributed by atoms with Gasteiger partial charge in [-0.25, -0.2) is 4.98 Å². The van der Waals surface area contributed by atoms with Gasteiger partial charge in [0.25, 0.3) is 0 Å². The van der Waals surface area contributed by atoms with Crippen LogP contribution in [-0.2, 0) is 6.54 Å². The van der Waals surface area contributed by atoms with E-state index in [0.29, 0.717) is 6.54 Å². The van der Waals surface area contributed by atoms with Crippen molar-refractivity contribution in [3.63, 3.8) is 0 Å². The average Bonchev–Trinajstić information content (AvgIpc) is 3.37. The number of pyridine rings is 1. The highest BCUT2D eigenvalue weighted by Gasteiger charge is 2.28. The summed E-state index contributed by atoms with van der Waals surface area (Å²) in [5.41, 5.74) is 2.89. The minimum absolute atomic E-state index is 0.140. The smallest absolute Gasteiger partial charge is 0.181 e. The number of anilines is 1. The lowest BCUT2D eigenvalue weighted by Crippen LogP contribution is -2.52. The molecule has 6 heteroatoms. The molecule has 0 bridgehead atoms. The Balaban J connectivity index is 1.43. The Morgan fingerprint density at radius 3 is 2.59 bits per heavy atom. The number of rotatable bonds is 6. The van der Waals surface area contributed by atoms with Crippen molar-refractivity contribution in [1.82, 2.24) is 14.5 Å². The van der Waals surface area contributed by atoms with Gasteiger partial charge in [0.1, 0.15) is 11.6 Å². The van der Waals surface area contributed by atoms with E-state index in [9.17, 15) is 4.79 Å². The first-order valence-electron chi connectivity index (χ1n) is 10.2. The molecule has 0 aliphatic carbocycles. The van der Waals surface area contributed by atoms with E-state index >= 15 is 0 Å². The first-order chi connectivity index (χ1) is 14.0. The second-order valence-corrected chi connectivity index (χ2v) is 7.70. The van der Waals surface area contributed by atoms with Gasteiger partial charge in [-0.1, -0.05) is 6.07 Å². The third-order valence-electron chi connectivity index (χ3n) is 5.95. The molecule has 0 spiro atoms. The zero-order chi connectivity index (χ0) is 20.4. The largest absolute Gasteiger partial charge is 0.467 e. The fourth-order valence-corrected chi connectivity index (χ4v) is 4.12. The Bertz CT molecular complexity index is 954. The summed E-state index contributed by atoms with van der Waals surface area (Å²) < 4.78 is 7.63.